The van der Waals surface area contributed by atoms with Crippen molar-refractivity contribution in [1.29, 1.82) is 0 Å². The standard InChI is InChI=1S/C19H19Br2NO2/c1-22(2)11-3-4-12-24-18-10-7-15(13-17(18)21)19(23)14-5-8-16(20)9-6-14/h3-10,13H,11-12H2,1-2H3. The van der Waals surface area contributed by atoms with E-state index in [4.69, 9.17) is 4.74 Å². The van der Waals surface area contributed by atoms with Crippen LogP contribution in [0.15, 0.2) is 63.6 Å². The molecule has 0 aromatic heterocycles. The molecule has 24 heavy (non-hydrogen) atoms. The highest BCUT2D eigenvalue weighted by atomic mass is 79.9. The molecule has 126 valence electrons. The second-order valence-electron chi connectivity index (χ2n) is 5.53. The fourth-order valence-electron chi connectivity index (χ4n) is 2.02. The fourth-order valence-corrected chi connectivity index (χ4v) is 2.78. The van der Waals surface area contributed by atoms with E-state index in [0.717, 1.165) is 21.2 Å². The van der Waals surface area contributed by atoms with Gasteiger partial charge in [-0.25, -0.2) is 0 Å². The third kappa shape index (κ3) is 5.58. The van der Waals surface area contributed by atoms with Crippen LogP contribution in [0.2, 0.25) is 0 Å². The van der Waals surface area contributed by atoms with E-state index >= 15 is 0 Å². The SMILES string of the molecule is CN(C)CC=CCOc1ccc(C(=O)c2ccc(Br)cc2)cc1Br. The minimum absolute atomic E-state index is 0.0133. The number of nitrogens with zero attached hydrogens (tertiary/aromatic N) is 1. The Morgan fingerprint density at radius 1 is 1.04 bits per heavy atom. The summed E-state index contributed by atoms with van der Waals surface area (Å²) >= 11 is 6.85. The van der Waals surface area contributed by atoms with Gasteiger partial charge in [-0.05, 0) is 72.5 Å². The van der Waals surface area contributed by atoms with Gasteiger partial charge in [0, 0.05) is 22.1 Å². The van der Waals surface area contributed by atoms with E-state index in [1.807, 2.05) is 38.4 Å². The minimum Gasteiger partial charge on any atom is -0.488 e. The maximum absolute atomic E-state index is 12.5. The van der Waals surface area contributed by atoms with Gasteiger partial charge >= 0.3 is 0 Å². The van der Waals surface area contributed by atoms with E-state index in [-0.39, 0.29) is 5.78 Å². The number of ether oxygens (including phenoxy) is 1. The van der Waals surface area contributed by atoms with Crippen molar-refractivity contribution < 1.29 is 9.53 Å². The molecule has 0 fully saturated rings. The van der Waals surface area contributed by atoms with Gasteiger partial charge in [-0.1, -0.05) is 28.1 Å². The molecule has 0 amide bonds. The molecular formula is C19H19Br2NO2. The molecule has 3 nitrogen and oxygen atoms in total. The van der Waals surface area contributed by atoms with Gasteiger partial charge in [-0.2, -0.15) is 0 Å². The van der Waals surface area contributed by atoms with Crippen molar-refractivity contribution in [3.63, 3.8) is 0 Å². The van der Waals surface area contributed by atoms with Crippen molar-refractivity contribution in [3.05, 3.63) is 74.7 Å². The van der Waals surface area contributed by atoms with Crippen LogP contribution in [0, 0.1) is 0 Å². The van der Waals surface area contributed by atoms with Crippen LogP contribution in [-0.2, 0) is 0 Å². The first-order chi connectivity index (χ1) is 11.5. The molecule has 0 atom stereocenters. The smallest absolute Gasteiger partial charge is 0.193 e. The fraction of sp³-hybridized carbons (Fsp3) is 0.211. The Balaban J connectivity index is 2.02. The highest BCUT2D eigenvalue weighted by molar-refractivity contribution is 9.10. The molecule has 0 aliphatic heterocycles. The molecule has 0 aliphatic rings. The van der Waals surface area contributed by atoms with Crippen LogP contribution in [0.5, 0.6) is 5.75 Å². The molecule has 0 unspecified atom stereocenters. The zero-order chi connectivity index (χ0) is 17.5. The summed E-state index contributed by atoms with van der Waals surface area (Å²) in [6.45, 7) is 1.37. The number of hydrogen-bond donors (Lipinski definition) is 0. The highest BCUT2D eigenvalue weighted by Gasteiger charge is 2.11. The largest absolute Gasteiger partial charge is 0.488 e. The average molecular weight is 453 g/mol. The zero-order valence-corrected chi connectivity index (χ0v) is 16.8. The summed E-state index contributed by atoms with van der Waals surface area (Å²) in [6, 6.07) is 12.7. The van der Waals surface area contributed by atoms with Gasteiger partial charge in [0.05, 0.1) is 4.47 Å². The maximum Gasteiger partial charge on any atom is 0.193 e. The van der Waals surface area contributed by atoms with Crippen molar-refractivity contribution in [2.75, 3.05) is 27.2 Å². The van der Waals surface area contributed by atoms with Crippen molar-refractivity contribution >= 4 is 37.6 Å². The Labute approximate surface area is 159 Å². The first kappa shape index (κ1) is 18.9. The number of benzene rings is 2. The Bertz CT molecular complexity index is 725. The first-order valence-electron chi connectivity index (χ1n) is 7.49. The molecule has 2 rings (SSSR count). The number of rotatable bonds is 7. The number of halogens is 2. The number of hydrogen-bond acceptors (Lipinski definition) is 3. The predicted molar refractivity (Wildman–Crippen MR) is 105 cm³/mol. The Morgan fingerprint density at radius 2 is 1.71 bits per heavy atom. The van der Waals surface area contributed by atoms with E-state index in [2.05, 4.69) is 42.8 Å². The maximum atomic E-state index is 12.5. The summed E-state index contributed by atoms with van der Waals surface area (Å²) < 4.78 is 7.43. The van der Waals surface area contributed by atoms with Crippen LogP contribution in [-0.4, -0.2) is 37.9 Å². The Hall–Kier alpha value is -1.43. The molecule has 0 saturated heterocycles. The van der Waals surface area contributed by atoms with Gasteiger partial charge in [-0.15, -0.1) is 0 Å². The van der Waals surface area contributed by atoms with Gasteiger partial charge in [0.2, 0.25) is 0 Å². The molecule has 0 saturated carbocycles. The lowest BCUT2D eigenvalue weighted by Gasteiger charge is -2.08. The number of carbonyl (C=O) groups excluding carboxylic acids is 1. The molecule has 5 heteroatoms. The van der Waals surface area contributed by atoms with Gasteiger partial charge in [-0.3, -0.25) is 4.79 Å². The summed E-state index contributed by atoms with van der Waals surface area (Å²) in [5.74, 6) is 0.706. The predicted octanol–water partition coefficient (Wildman–Crippen LogP) is 4.94. The van der Waals surface area contributed by atoms with Gasteiger partial charge in [0.15, 0.2) is 5.78 Å². The van der Waals surface area contributed by atoms with Crippen molar-refractivity contribution in [3.8, 4) is 5.75 Å². The first-order valence-corrected chi connectivity index (χ1v) is 9.08. The van der Waals surface area contributed by atoms with Gasteiger partial charge < -0.3 is 9.64 Å². The van der Waals surface area contributed by atoms with Crippen LogP contribution in [0.4, 0.5) is 0 Å². The monoisotopic (exact) mass is 451 g/mol. The lowest BCUT2D eigenvalue weighted by molar-refractivity contribution is 0.103. The van der Waals surface area contributed by atoms with Crippen LogP contribution in [0.1, 0.15) is 15.9 Å². The molecule has 0 bridgehead atoms. The van der Waals surface area contributed by atoms with E-state index in [1.54, 1.807) is 24.3 Å². The second kappa shape index (κ2) is 9.16. The van der Waals surface area contributed by atoms with Crippen LogP contribution in [0.25, 0.3) is 0 Å². The second-order valence-corrected chi connectivity index (χ2v) is 7.30. The highest BCUT2D eigenvalue weighted by Crippen LogP contribution is 2.27. The zero-order valence-electron chi connectivity index (χ0n) is 13.6. The van der Waals surface area contributed by atoms with E-state index in [1.165, 1.54) is 0 Å². The van der Waals surface area contributed by atoms with E-state index < -0.39 is 0 Å². The molecule has 2 aromatic rings. The molecule has 0 aliphatic carbocycles. The molecule has 0 spiro atoms. The Morgan fingerprint density at radius 3 is 2.33 bits per heavy atom. The van der Waals surface area contributed by atoms with Gasteiger partial charge in [0.25, 0.3) is 0 Å². The van der Waals surface area contributed by atoms with Crippen LogP contribution >= 0.6 is 31.9 Å². The molecule has 0 N–H and O–H groups in total. The molecule has 2 aromatic carbocycles. The summed E-state index contributed by atoms with van der Waals surface area (Å²) in [4.78, 5) is 14.6. The third-order valence-corrected chi connectivity index (χ3v) is 4.42. The molecule has 0 heterocycles. The number of carbonyl (C=O) groups is 1. The summed E-state index contributed by atoms with van der Waals surface area (Å²) in [7, 11) is 4.03. The van der Waals surface area contributed by atoms with E-state index in [0.29, 0.717) is 17.7 Å². The topological polar surface area (TPSA) is 29.5 Å². The molecule has 0 radical (unpaired) electrons. The summed E-state index contributed by atoms with van der Waals surface area (Å²) in [5, 5.41) is 0. The number of ketones is 1. The lowest BCUT2D eigenvalue weighted by Crippen LogP contribution is -2.10. The number of likely N-dealkylation sites (N-methyl/N-ethyl adjacent to an activating group) is 1. The van der Waals surface area contributed by atoms with Gasteiger partial charge in [0.1, 0.15) is 12.4 Å². The van der Waals surface area contributed by atoms with Crippen LogP contribution in [0.3, 0.4) is 0 Å². The summed E-state index contributed by atoms with van der Waals surface area (Å²) in [5.41, 5.74) is 1.28. The lowest BCUT2D eigenvalue weighted by atomic mass is 10.0. The van der Waals surface area contributed by atoms with Crippen LogP contribution < -0.4 is 4.74 Å². The van der Waals surface area contributed by atoms with Crippen molar-refractivity contribution in [2.24, 2.45) is 0 Å². The third-order valence-electron chi connectivity index (χ3n) is 3.27. The minimum atomic E-state index is -0.0133. The average Bonchev–Trinajstić information content (AvgIpc) is 2.55. The Kier molecular flexibility index (Phi) is 7.21. The van der Waals surface area contributed by atoms with Crippen molar-refractivity contribution in [2.45, 2.75) is 0 Å². The molecular weight excluding hydrogens is 434 g/mol. The van der Waals surface area contributed by atoms with E-state index in [9.17, 15) is 4.79 Å². The normalized spacial score (nSPS) is 11.2. The quantitative estimate of drug-likeness (QED) is 0.440. The van der Waals surface area contributed by atoms with Crippen molar-refractivity contribution in [1.82, 2.24) is 4.90 Å². The summed E-state index contributed by atoms with van der Waals surface area (Å²) in [6.07, 6.45) is 4.03.